The molecule has 0 aliphatic carbocycles. The summed E-state index contributed by atoms with van der Waals surface area (Å²) in [6.45, 7) is 0. The van der Waals surface area contributed by atoms with E-state index in [0.29, 0.717) is 11.5 Å². The zero-order valence-electron chi connectivity index (χ0n) is 7.00. The van der Waals surface area contributed by atoms with Crippen molar-refractivity contribution < 1.29 is 25.8 Å². The van der Waals surface area contributed by atoms with E-state index in [1.54, 1.807) is 26.5 Å². The Labute approximate surface area is 88.5 Å². The van der Waals surface area contributed by atoms with E-state index >= 15 is 0 Å². The van der Waals surface area contributed by atoms with E-state index in [2.05, 4.69) is 24.8 Å². The molecule has 0 saturated carbocycles. The number of nitrogens with zero attached hydrogens (tertiary/aromatic N) is 1. The van der Waals surface area contributed by atoms with Crippen molar-refractivity contribution in [3.63, 3.8) is 0 Å². The van der Waals surface area contributed by atoms with E-state index in [1.165, 1.54) is 16.3 Å². The second kappa shape index (κ2) is 7.50. The van der Waals surface area contributed by atoms with E-state index in [0.717, 1.165) is 0 Å². The summed E-state index contributed by atoms with van der Waals surface area (Å²) in [5, 5.41) is 0. The molecule has 0 N–H and O–H groups in total. The Balaban J connectivity index is 0.000000561. The molecule has 1 rings (SSSR count). The molecule has 1 aromatic rings. The average molecular weight is 283 g/mol. The molecule has 0 fully saturated rings. The van der Waals surface area contributed by atoms with Crippen LogP contribution in [0.5, 0.6) is 11.5 Å². The third-order valence-electron chi connectivity index (χ3n) is 1.11. The molecule has 0 radical (unpaired) electrons. The summed E-state index contributed by atoms with van der Waals surface area (Å²) in [4.78, 5) is 3.73. The van der Waals surface area contributed by atoms with Gasteiger partial charge in [0.15, 0.2) is 0 Å². The molecule has 3 nitrogen and oxygen atoms in total. The number of methoxy groups -OCH3 is 2. The van der Waals surface area contributed by atoms with Crippen LogP contribution in [0, 0.1) is 6.20 Å². The van der Waals surface area contributed by atoms with Gasteiger partial charge in [0.25, 0.3) is 0 Å². The summed E-state index contributed by atoms with van der Waals surface area (Å²) >= 11 is 4.25. The van der Waals surface area contributed by atoms with Gasteiger partial charge in [-0.15, -0.1) is 6.07 Å². The van der Waals surface area contributed by atoms with Crippen molar-refractivity contribution in [1.29, 1.82) is 0 Å². The molecule has 1 aromatic heterocycles. The van der Waals surface area contributed by atoms with Gasteiger partial charge in [0.05, 0.1) is 25.7 Å². The van der Waals surface area contributed by atoms with Gasteiger partial charge in [-0.1, -0.05) is 6.20 Å². The van der Waals surface area contributed by atoms with Crippen molar-refractivity contribution in [2.45, 2.75) is 0 Å². The maximum absolute atomic E-state index is 4.94. The Bertz CT molecular complexity index is 199. The van der Waals surface area contributed by atoms with Crippen molar-refractivity contribution in [2.24, 2.45) is 0 Å². The normalized spacial score (nSPS) is 8.08. The van der Waals surface area contributed by atoms with E-state index in [9.17, 15) is 0 Å². The molecule has 0 saturated heterocycles. The van der Waals surface area contributed by atoms with Crippen LogP contribution in [0.2, 0.25) is 0 Å². The third-order valence-corrected chi connectivity index (χ3v) is 1.11. The Morgan fingerprint density at radius 1 is 1.42 bits per heavy atom. The number of ether oxygens (including phenoxy) is 2. The minimum atomic E-state index is 0.532. The molecular formula is C7H8BrNO2Zn. The van der Waals surface area contributed by atoms with Crippen LogP contribution in [0.1, 0.15) is 0 Å². The molecule has 0 unspecified atom stereocenters. The second-order valence-electron chi connectivity index (χ2n) is 1.66. The van der Waals surface area contributed by atoms with Gasteiger partial charge in [-0.25, -0.2) is 0 Å². The Morgan fingerprint density at radius 2 is 2.08 bits per heavy atom. The Morgan fingerprint density at radius 3 is 2.50 bits per heavy atom. The zero-order chi connectivity index (χ0) is 9.40. The van der Waals surface area contributed by atoms with E-state index < -0.39 is 0 Å². The van der Waals surface area contributed by atoms with Gasteiger partial charge in [0, 0.05) is 0 Å². The minimum absolute atomic E-state index is 0.532. The standard InChI is InChI=1S/C7H8NO2.BrH.Zn/c1-9-6-3-4-8-5-7(6)10-2;;/h3-4H,1-2H3;1H;/q-1;;+2/p-1. The van der Waals surface area contributed by atoms with Gasteiger partial charge >= 0.3 is 30.0 Å². The van der Waals surface area contributed by atoms with Gasteiger partial charge in [-0.05, 0) is 6.20 Å². The molecular weight excluding hydrogens is 275 g/mol. The van der Waals surface area contributed by atoms with Crippen LogP contribution in [0.4, 0.5) is 0 Å². The predicted octanol–water partition coefficient (Wildman–Crippen LogP) is 1.74. The number of hydrogen-bond acceptors (Lipinski definition) is 3. The van der Waals surface area contributed by atoms with Crippen LogP contribution < -0.4 is 9.47 Å². The van der Waals surface area contributed by atoms with Crippen molar-refractivity contribution in [2.75, 3.05) is 14.2 Å². The van der Waals surface area contributed by atoms with E-state index in [1.807, 2.05) is 0 Å². The van der Waals surface area contributed by atoms with Gasteiger partial charge in [0.2, 0.25) is 0 Å². The molecule has 0 amide bonds. The topological polar surface area (TPSA) is 31.4 Å². The third kappa shape index (κ3) is 3.50. The predicted molar refractivity (Wildman–Crippen MR) is 45.1 cm³/mol. The number of rotatable bonds is 2. The van der Waals surface area contributed by atoms with Gasteiger partial charge in [-0.3, -0.25) is 0 Å². The molecule has 5 heteroatoms. The van der Waals surface area contributed by atoms with Crippen LogP contribution in [-0.2, 0) is 16.3 Å². The molecule has 12 heavy (non-hydrogen) atoms. The first-order valence-electron chi connectivity index (χ1n) is 3.10. The molecule has 0 aliphatic rings. The quantitative estimate of drug-likeness (QED) is 0.612. The van der Waals surface area contributed by atoms with Crippen molar-refractivity contribution in [3.05, 3.63) is 18.5 Å². The molecule has 62 valence electrons. The number of halogens is 1. The van der Waals surface area contributed by atoms with Gasteiger partial charge in [0.1, 0.15) is 0 Å². The first-order chi connectivity index (χ1) is 5.88. The summed E-state index contributed by atoms with van der Waals surface area (Å²) in [5.41, 5.74) is 0. The monoisotopic (exact) mass is 281 g/mol. The van der Waals surface area contributed by atoms with Crippen LogP contribution in [0.15, 0.2) is 12.3 Å². The summed E-state index contributed by atoms with van der Waals surface area (Å²) in [7, 11) is 3.13. The van der Waals surface area contributed by atoms with Crippen LogP contribution in [0.25, 0.3) is 0 Å². The average Bonchev–Trinajstić information content (AvgIpc) is 2.20. The summed E-state index contributed by atoms with van der Waals surface area (Å²) in [6, 6.07) is 1.72. The summed E-state index contributed by atoms with van der Waals surface area (Å²) < 4.78 is 9.83. The van der Waals surface area contributed by atoms with E-state index in [4.69, 9.17) is 9.47 Å². The molecule has 0 atom stereocenters. The second-order valence-corrected chi connectivity index (χ2v) is 1.66. The van der Waals surface area contributed by atoms with Gasteiger partial charge in [-0.2, -0.15) is 0 Å². The summed E-state index contributed by atoms with van der Waals surface area (Å²) in [6.07, 6.45) is 4.24. The fourth-order valence-electron chi connectivity index (χ4n) is 0.639. The van der Waals surface area contributed by atoms with Crippen molar-refractivity contribution >= 4 is 13.6 Å². The fraction of sp³-hybridized carbons (Fsp3) is 0.286. The van der Waals surface area contributed by atoms with Crippen molar-refractivity contribution in [3.8, 4) is 11.5 Å². The number of hydrogen-bond donors (Lipinski definition) is 0. The number of pyridine rings is 1. The molecule has 1 heterocycles. The number of aromatic nitrogens is 1. The van der Waals surface area contributed by atoms with Crippen LogP contribution in [-0.4, -0.2) is 19.2 Å². The fourth-order valence-corrected chi connectivity index (χ4v) is 0.639. The molecule has 0 aliphatic heterocycles. The van der Waals surface area contributed by atoms with Crippen LogP contribution in [0.3, 0.4) is 0 Å². The Kier molecular flexibility index (Phi) is 7.41. The SMILES string of the molecule is COc1[c-]nccc1OC.[Zn+][Br]. The van der Waals surface area contributed by atoms with E-state index in [-0.39, 0.29) is 0 Å². The van der Waals surface area contributed by atoms with Crippen molar-refractivity contribution in [1.82, 2.24) is 4.98 Å². The van der Waals surface area contributed by atoms with Gasteiger partial charge < -0.3 is 14.5 Å². The zero-order valence-corrected chi connectivity index (χ0v) is 11.6. The first-order valence-corrected chi connectivity index (χ1v) is 10.0. The Hall–Kier alpha value is -0.147. The molecule has 0 aromatic carbocycles. The molecule has 0 bridgehead atoms. The molecule has 0 spiro atoms. The maximum atomic E-state index is 4.94. The van der Waals surface area contributed by atoms with Crippen LogP contribution >= 0.6 is 13.6 Å². The summed E-state index contributed by atoms with van der Waals surface area (Å²) in [5.74, 6) is 1.18. The first kappa shape index (κ1) is 11.9.